The molecule has 1 atom stereocenters. The molecule has 0 spiro atoms. The Balaban J connectivity index is 1.46. The lowest BCUT2D eigenvalue weighted by Crippen LogP contribution is -2.62. The molecule has 1 fully saturated rings. The Morgan fingerprint density at radius 1 is 1.23 bits per heavy atom. The molecule has 0 saturated carbocycles. The van der Waals surface area contributed by atoms with Gasteiger partial charge in [-0.25, -0.2) is 0 Å². The number of hydrogen-bond donors (Lipinski definition) is 1. The number of halogens is 1. The van der Waals surface area contributed by atoms with Crippen molar-refractivity contribution in [2.75, 3.05) is 23.9 Å². The van der Waals surface area contributed by atoms with E-state index in [0.717, 1.165) is 0 Å². The predicted molar refractivity (Wildman–Crippen MR) is 118 cm³/mol. The van der Waals surface area contributed by atoms with E-state index in [4.69, 9.17) is 16.3 Å². The summed E-state index contributed by atoms with van der Waals surface area (Å²) < 4.78 is 5.26. The SMILES string of the molecule is COc1ccc(Cl)cc1NC(=O)CCCN1C(=O)c2ccccc2N2C(=O)CCC12C. The highest BCUT2D eigenvalue weighted by molar-refractivity contribution is 6.31. The molecular weight excluding hydrogens is 418 g/mol. The van der Waals surface area contributed by atoms with Crippen molar-refractivity contribution in [3.05, 3.63) is 53.1 Å². The van der Waals surface area contributed by atoms with Crippen LogP contribution in [-0.2, 0) is 9.59 Å². The second kappa shape index (κ2) is 8.23. The first-order chi connectivity index (χ1) is 14.8. The summed E-state index contributed by atoms with van der Waals surface area (Å²) in [5.41, 5.74) is 0.972. The van der Waals surface area contributed by atoms with Crippen molar-refractivity contribution in [2.45, 2.75) is 38.3 Å². The highest BCUT2D eigenvalue weighted by Crippen LogP contribution is 2.44. The van der Waals surface area contributed by atoms with Crippen LogP contribution < -0.4 is 15.0 Å². The van der Waals surface area contributed by atoms with E-state index in [1.807, 2.05) is 19.1 Å². The van der Waals surface area contributed by atoms with E-state index in [-0.39, 0.29) is 24.1 Å². The predicted octanol–water partition coefficient (Wildman–Crippen LogP) is 4.07. The van der Waals surface area contributed by atoms with E-state index in [9.17, 15) is 14.4 Å². The molecule has 1 N–H and O–H groups in total. The molecule has 1 unspecified atom stereocenters. The minimum absolute atomic E-state index is 0.0123. The first-order valence-corrected chi connectivity index (χ1v) is 10.6. The van der Waals surface area contributed by atoms with Gasteiger partial charge in [0.05, 0.1) is 24.0 Å². The van der Waals surface area contributed by atoms with Crippen LogP contribution in [0.4, 0.5) is 11.4 Å². The van der Waals surface area contributed by atoms with Gasteiger partial charge in [-0.05, 0) is 50.1 Å². The molecule has 8 heteroatoms. The van der Waals surface area contributed by atoms with Gasteiger partial charge in [-0.15, -0.1) is 0 Å². The number of para-hydroxylation sites is 1. The molecule has 31 heavy (non-hydrogen) atoms. The van der Waals surface area contributed by atoms with Crippen LogP contribution in [0.3, 0.4) is 0 Å². The second-order valence-corrected chi connectivity index (χ2v) is 8.35. The summed E-state index contributed by atoms with van der Waals surface area (Å²) >= 11 is 6.02. The number of benzene rings is 2. The molecule has 2 aliphatic rings. The number of nitrogens with one attached hydrogen (secondary N) is 1. The lowest BCUT2D eigenvalue weighted by atomic mass is 9.98. The summed E-state index contributed by atoms with van der Waals surface area (Å²) in [6.45, 7) is 2.29. The zero-order chi connectivity index (χ0) is 22.2. The summed E-state index contributed by atoms with van der Waals surface area (Å²) in [6.07, 6.45) is 1.63. The summed E-state index contributed by atoms with van der Waals surface area (Å²) in [5.74, 6) is 0.224. The molecule has 0 aliphatic carbocycles. The summed E-state index contributed by atoms with van der Waals surface area (Å²) in [4.78, 5) is 41.8. The molecule has 2 aromatic rings. The number of carbonyl (C=O) groups excluding carboxylic acids is 3. The van der Waals surface area contributed by atoms with Gasteiger partial charge in [-0.3, -0.25) is 19.3 Å². The fourth-order valence-corrected chi connectivity index (χ4v) is 4.60. The molecule has 3 amide bonds. The van der Waals surface area contributed by atoms with E-state index in [2.05, 4.69) is 5.32 Å². The first kappa shape index (κ1) is 21.2. The van der Waals surface area contributed by atoms with E-state index in [0.29, 0.717) is 53.5 Å². The topological polar surface area (TPSA) is 79.0 Å². The lowest BCUT2D eigenvalue weighted by Gasteiger charge is -2.48. The van der Waals surface area contributed by atoms with E-state index in [1.54, 1.807) is 40.1 Å². The van der Waals surface area contributed by atoms with E-state index >= 15 is 0 Å². The number of methoxy groups -OCH3 is 1. The number of anilines is 2. The Labute approximate surface area is 185 Å². The molecule has 2 aromatic carbocycles. The molecule has 2 heterocycles. The normalized spacial score (nSPS) is 19.8. The monoisotopic (exact) mass is 441 g/mol. The largest absolute Gasteiger partial charge is 0.495 e. The van der Waals surface area contributed by atoms with Crippen LogP contribution >= 0.6 is 11.6 Å². The molecular formula is C23H24ClN3O4. The standard InChI is InChI=1S/C23H24ClN3O4/c1-23-12-11-21(29)27(23)18-7-4-3-6-16(18)22(30)26(23)13-5-8-20(28)25-17-14-15(24)9-10-19(17)31-2/h3-4,6-7,9-10,14H,5,8,11-13H2,1-2H3,(H,25,28). The maximum absolute atomic E-state index is 13.2. The van der Waals surface area contributed by atoms with Gasteiger partial charge >= 0.3 is 0 Å². The number of fused-ring (bicyclic) bond motifs is 3. The van der Waals surface area contributed by atoms with Gasteiger partial charge in [-0.2, -0.15) is 0 Å². The maximum Gasteiger partial charge on any atom is 0.257 e. The second-order valence-electron chi connectivity index (χ2n) is 7.92. The fraction of sp³-hybridized carbons (Fsp3) is 0.348. The van der Waals surface area contributed by atoms with Crippen LogP contribution in [0, 0.1) is 0 Å². The average molecular weight is 442 g/mol. The van der Waals surface area contributed by atoms with Crippen LogP contribution in [0.5, 0.6) is 5.75 Å². The van der Waals surface area contributed by atoms with Crippen molar-refractivity contribution in [2.24, 2.45) is 0 Å². The van der Waals surface area contributed by atoms with Crippen LogP contribution in [0.25, 0.3) is 0 Å². The average Bonchev–Trinajstić information content (AvgIpc) is 3.06. The third kappa shape index (κ3) is 3.74. The van der Waals surface area contributed by atoms with Gasteiger partial charge in [0, 0.05) is 24.4 Å². The molecule has 0 radical (unpaired) electrons. The number of carbonyl (C=O) groups is 3. The van der Waals surface area contributed by atoms with E-state index < -0.39 is 5.66 Å². The number of rotatable bonds is 6. The minimum atomic E-state index is -0.713. The number of hydrogen-bond acceptors (Lipinski definition) is 4. The number of nitrogens with zero attached hydrogens (tertiary/aromatic N) is 2. The first-order valence-electron chi connectivity index (χ1n) is 10.2. The molecule has 4 rings (SSSR count). The molecule has 2 aliphatic heterocycles. The van der Waals surface area contributed by atoms with Crippen LogP contribution in [-0.4, -0.2) is 41.9 Å². The zero-order valence-corrected chi connectivity index (χ0v) is 18.2. The summed E-state index contributed by atoms with van der Waals surface area (Å²) in [6, 6.07) is 12.2. The van der Waals surface area contributed by atoms with Crippen LogP contribution in [0.15, 0.2) is 42.5 Å². The van der Waals surface area contributed by atoms with Crippen LogP contribution in [0.1, 0.15) is 43.0 Å². The van der Waals surface area contributed by atoms with Gasteiger partial charge < -0.3 is 15.0 Å². The van der Waals surface area contributed by atoms with Gasteiger partial charge in [0.1, 0.15) is 11.4 Å². The summed E-state index contributed by atoms with van der Waals surface area (Å²) in [5, 5.41) is 3.31. The van der Waals surface area contributed by atoms with Crippen molar-refractivity contribution in [1.82, 2.24) is 4.90 Å². The lowest BCUT2D eigenvalue weighted by molar-refractivity contribution is -0.118. The van der Waals surface area contributed by atoms with Gasteiger partial charge in [0.2, 0.25) is 11.8 Å². The van der Waals surface area contributed by atoms with Crippen LogP contribution in [0.2, 0.25) is 5.02 Å². The third-order valence-corrected chi connectivity index (χ3v) is 6.20. The number of ether oxygens (including phenoxy) is 1. The van der Waals surface area contributed by atoms with Crippen molar-refractivity contribution < 1.29 is 19.1 Å². The van der Waals surface area contributed by atoms with E-state index in [1.165, 1.54) is 7.11 Å². The molecule has 162 valence electrons. The number of amides is 3. The highest BCUT2D eigenvalue weighted by Gasteiger charge is 2.52. The maximum atomic E-state index is 13.2. The van der Waals surface area contributed by atoms with Crippen molar-refractivity contribution in [3.8, 4) is 5.75 Å². The molecule has 7 nitrogen and oxygen atoms in total. The smallest absolute Gasteiger partial charge is 0.257 e. The summed E-state index contributed by atoms with van der Waals surface area (Å²) in [7, 11) is 1.52. The molecule has 0 aromatic heterocycles. The van der Waals surface area contributed by atoms with Crippen molar-refractivity contribution in [3.63, 3.8) is 0 Å². The Bertz CT molecular complexity index is 1060. The quantitative estimate of drug-likeness (QED) is 0.733. The van der Waals surface area contributed by atoms with Gasteiger partial charge in [-0.1, -0.05) is 23.7 Å². The molecule has 0 bridgehead atoms. The Hall–Kier alpha value is -3.06. The van der Waals surface area contributed by atoms with Gasteiger partial charge in [0.25, 0.3) is 5.91 Å². The minimum Gasteiger partial charge on any atom is -0.495 e. The Morgan fingerprint density at radius 3 is 2.77 bits per heavy atom. The fourth-order valence-electron chi connectivity index (χ4n) is 4.43. The highest BCUT2D eigenvalue weighted by atomic mass is 35.5. The Kier molecular flexibility index (Phi) is 5.62. The van der Waals surface area contributed by atoms with Gasteiger partial charge in [0.15, 0.2) is 0 Å². The third-order valence-electron chi connectivity index (χ3n) is 5.97. The molecule has 1 saturated heterocycles. The Morgan fingerprint density at radius 2 is 2.00 bits per heavy atom. The van der Waals surface area contributed by atoms with Crippen molar-refractivity contribution in [1.29, 1.82) is 0 Å². The van der Waals surface area contributed by atoms with Crippen molar-refractivity contribution >= 4 is 40.7 Å². The zero-order valence-electron chi connectivity index (χ0n) is 17.5.